The van der Waals surface area contributed by atoms with Crippen LogP contribution in [0.4, 0.5) is 5.82 Å². The molecule has 0 N–H and O–H groups in total. The Morgan fingerprint density at radius 2 is 1.61 bits per heavy atom. The van der Waals surface area contributed by atoms with Gasteiger partial charge in [0, 0.05) is 72.7 Å². The van der Waals surface area contributed by atoms with Gasteiger partial charge in [0.15, 0.2) is 0 Å². The second-order valence-corrected chi connectivity index (χ2v) is 15.4. The van der Waals surface area contributed by atoms with Gasteiger partial charge in [-0.2, -0.15) is 0 Å². The van der Waals surface area contributed by atoms with Gasteiger partial charge in [0.1, 0.15) is 5.82 Å². The number of aromatic nitrogens is 2. The Bertz CT molecular complexity index is 1450. The fourth-order valence-electron chi connectivity index (χ4n) is 8.04. The molecule has 0 radical (unpaired) electrons. The number of hydrogen-bond acceptors (Lipinski definition) is 5. The number of allylic oxidation sites excluding steroid dienone is 3. The van der Waals surface area contributed by atoms with E-state index in [0.717, 1.165) is 42.1 Å². The highest BCUT2D eigenvalue weighted by Gasteiger charge is 2.29. The van der Waals surface area contributed by atoms with E-state index in [2.05, 4.69) is 93.0 Å². The molecule has 4 fully saturated rings. The molecule has 266 valence electrons. The summed E-state index contributed by atoms with van der Waals surface area (Å²) in [7, 11) is 2.10. The van der Waals surface area contributed by atoms with Gasteiger partial charge in [0.2, 0.25) is 0 Å². The lowest BCUT2D eigenvalue weighted by Crippen LogP contribution is -2.24. The quantitative estimate of drug-likeness (QED) is 0.268. The van der Waals surface area contributed by atoms with Crippen LogP contribution in [-0.2, 0) is 6.42 Å². The molecule has 0 amide bonds. The maximum atomic E-state index is 4.86. The first-order chi connectivity index (χ1) is 23.8. The summed E-state index contributed by atoms with van der Waals surface area (Å²) < 4.78 is 0. The van der Waals surface area contributed by atoms with Crippen molar-refractivity contribution in [2.45, 2.75) is 136 Å². The largest absolute Gasteiger partial charge is 0.375 e. The Kier molecular flexibility index (Phi) is 13.7. The average molecular weight is 664 g/mol. The van der Waals surface area contributed by atoms with Gasteiger partial charge < -0.3 is 9.80 Å². The summed E-state index contributed by atoms with van der Waals surface area (Å²) in [6.07, 6.45) is 25.1. The summed E-state index contributed by atoms with van der Waals surface area (Å²) in [5.41, 5.74) is 10.1. The maximum absolute atomic E-state index is 4.86. The Morgan fingerprint density at radius 1 is 0.898 bits per heavy atom. The molecule has 0 bridgehead atoms. The third kappa shape index (κ3) is 10.4. The van der Waals surface area contributed by atoms with Gasteiger partial charge in [0.05, 0.1) is 5.70 Å². The number of rotatable bonds is 9. The third-order valence-corrected chi connectivity index (χ3v) is 11.7. The van der Waals surface area contributed by atoms with E-state index in [-0.39, 0.29) is 0 Å². The summed E-state index contributed by atoms with van der Waals surface area (Å²) in [5, 5.41) is 0. The van der Waals surface area contributed by atoms with Crippen molar-refractivity contribution < 1.29 is 0 Å². The van der Waals surface area contributed by atoms with E-state index in [1.165, 1.54) is 143 Å². The van der Waals surface area contributed by atoms with Gasteiger partial charge in [-0.05, 0) is 107 Å². The van der Waals surface area contributed by atoms with Gasteiger partial charge >= 0.3 is 0 Å². The molecule has 4 heterocycles. The molecule has 3 aliphatic carbocycles. The lowest BCUT2D eigenvalue weighted by molar-refractivity contribution is 0.398. The Labute approximate surface area is 299 Å². The van der Waals surface area contributed by atoms with Crippen molar-refractivity contribution in [3.63, 3.8) is 0 Å². The summed E-state index contributed by atoms with van der Waals surface area (Å²) >= 11 is 0. The minimum atomic E-state index is 0.611. The van der Waals surface area contributed by atoms with Crippen LogP contribution >= 0.6 is 0 Å². The zero-order chi connectivity index (χ0) is 34.8. The summed E-state index contributed by atoms with van der Waals surface area (Å²) in [6, 6.07) is 8.76. The standard InChI is InChI=1S/C21H27N3.C14H21N.C9H17N/c1-15(16-6-4-3-5-7-16)24(2)21-14-18(12-13-22-21)20-11-10-19(23-20)17-8-9-17;1-3-12-9-10-14(15-11(12)2)13-7-5-4-6-8-13;1-4-9-5-6-10(7-9)8(2)3/h11-14,16-17H,1,3-10H2,2H3;9-10,13H,3-8H2,1-2H3;9H,2,4-7H2,1,3H3. The predicted octanol–water partition coefficient (Wildman–Crippen LogP) is 11.5. The average Bonchev–Trinajstić information content (AvgIpc) is 3.66. The van der Waals surface area contributed by atoms with E-state index in [0.29, 0.717) is 5.92 Å². The molecular formula is C44H65N5. The number of likely N-dealkylation sites (tertiary alicyclic amines) is 1. The van der Waals surface area contributed by atoms with Crippen LogP contribution in [0.2, 0.25) is 0 Å². The Hall–Kier alpha value is -3.21. The first kappa shape index (κ1) is 37.1. The van der Waals surface area contributed by atoms with Gasteiger partial charge in [-0.1, -0.05) is 84.1 Å². The van der Waals surface area contributed by atoms with Gasteiger partial charge in [-0.3, -0.25) is 9.98 Å². The number of aliphatic imine (C=N–C) groups is 1. The Balaban J connectivity index is 0.000000160. The molecule has 3 saturated carbocycles. The smallest absolute Gasteiger partial charge is 0.133 e. The molecule has 1 unspecified atom stereocenters. The molecule has 1 atom stereocenters. The molecule has 5 heteroatoms. The minimum absolute atomic E-state index is 0.611. The predicted molar refractivity (Wildman–Crippen MR) is 210 cm³/mol. The molecule has 2 aliphatic heterocycles. The molecule has 0 spiro atoms. The highest BCUT2D eigenvalue weighted by Crippen LogP contribution is 2.37. The highest BCUT2D eigenvalue weighted by atomic mass is 15.2. The van der Waals surface area contributed by atoms with E-state index >= 15 is 0 Å². The number of nitrogens with zero attached hydrogens (tertiary/aromatic N) is 5. The fourth-order valence-corrected chi connectivity index (χ4v) is 8.04. The van der Waals surface area contributed by atoms with Crippen molar-refractivity contribution in [1.29, 1.82) is 0 Å². The topological polar surface area (TPSA) is 44.6 Å². The van der Waals surface area contributed by atoms with Crippen LogP contribution in [0, 0.1) is 24.7 Å². The monoisotopic (exact) mass is 664 g/mol. The van der Waals surface area contributed by atoms with E-state index in [1.54, 1.807) is 0 Å². The number of hydrogen-bond donors (Lipinski definition) is 0. The molecule has 5 nitrogen and oxygen atoms in total. The van der Waals surface area contributed by atoms with Crippen LogP contribution in [0.1, 0.15) is 146 Å². The number of pyridine rings is 2. The van der Waals surface area contributed by atoms with Crippen molar-refractivity contribution in [2.24, 2.45) is 22.7 Å². The summed E-state index contributed by atoms with van der Waals surface area (Å²) in [4.78, 5) is 18.8. The van der Waals surface area contributed by atoms with Crippen LogP contribution < -0.4 is 4.90 Å². The summed E-state index contributed by atoms with van der Waals surface area (Å²) in [6.45, 7) is 19.5. The van der Waals surface area contributed by atoms with Crippen molar-refractivity contribution in [2.75, 3.05) is 25.0 Å². The molecule has 1 saturated heterocycles. The molecule has 2 aromatic heterocycles. The van der Waals surface area contributed by atoms with E-state index in [1.807, 2.05) is 6.20 Å². The van der Waals surface area contributed by atoms with Crippen molar-refractivity contribution in [3.05, 3.63) is 83.6 Å². The van der Waals surface area contributed by atoms with Crippen LogP contribution in [0.5, 0.6) is 0 Å². The highest BCUT2D eigenvalue weighted by molar-refractivity contribution is 5.98. The second kappa shape index (κ2) is 18.2. The molecule has 2 aromatic rings. The van der Waals surface area contributed by atoms with Crippen LogP contribution in [0.15, 0.2) is 66.1 Å². The molecule has 49 heavy (non-hydrogen) atoms. The SMILES string of the molecule is C=C(C)N1CCC(CC)C1.C=C(C1CCCCC1)N(C)c1cc(C2=CCC(C3CC3)=N2)ccn1.CCc1ccc(C2CCCCC2)nc1C. The van der Waals surface area contributed by atoms with Crippen molar-refractivity contribution >= 4 is 17.2 Å². The van der Waals surface area contributed by atoms with E-state index in [9.17, 15) is 0 Å². The molecule has 0 aromatic carbocycles. The Morgan fingerprint density at radius 3 is 2.20 bits per heavy atom. The first-order valence-electron chi connectivity index (χ1n) is 19.8. The molecular weight excluding hydrogens is 599 g/mol. The lowest BCUT2D eigenvalue weighted by atomic mass is 9.86. The third-order valence-electron chi connectivity index (χ3n) is 11.7. The van der Waals surface area contributed by atoms with Gasteiger partial charge in [-0.25, -0.2) is 4.98 Å². The first-order valence-corrected chi connectivity index (χ1v) is 19.8. The fraction of sp³-hybridized carbons (Fsp3) is 0.614. The minimum Gasteiger partial charge on any atom is -0.375 e. The number of anilines is 1. The number of aryl methyl sites for hydroxylation is 2. The zero-order valence-electron chi connectivity index (χ0n) is 31.7. The van der Waals surface area contributed by atoms with Crippen molar-refractivity contribution in [1.82, 2.24) is 14.9 Å². The van der Waals surface area contributed by atoms with Gasteiger partial charge in [-0.15, -0.1) is 0 Å². The maximum Gasteiger partial charge on any atom is 0.133 e. The van der Waals surface area contributed by atoms with Crippen LogP contribution in [-0.4, -0.2) is 40.7 Å². The summed E-state index contributed by atoms with van der Waals surface area (Å²) in [5.74, 6) is 4.02. The van der Waals surface area contributed by atoms with E-state index in [4.69, 9.17) is 9.98 Å². The second-order valence-electron chi connectivity index (χ2n) is 15.4. The van der Waals surface area contributed by atoms with Crippen LogP contribution in [0.3, 0.4) is 0 Å². The van der Waals surface area contributed by atoms with E-state index < -0.39 is 0 Å². The zero-order valence-corrected chi connectivity index (χ0v) is 31.7. The van der Waals surface area contributed by atoms with Crippen LogP contribution in [0.25, 0.3) is 5.70 Å². The molecule has 5 aliphatic rings. The van der Waals surface area contributed by atoms with Gasteiger partial charge in [0.25, 0.3) is 0 Å². The normalized spacial score (nSPS) is 21.2. The van der Waals surface area contributed by atoms with Crippen molar-refractivity contribution in [3.8, 4) is 0 Å². The molecule has 7 rings (SSSR count). The lowest BCUT2D eigenvalue weighted by Gasteiger charge is -2.30.